The molecule has 0 radical (unpaired) electrons. The van der Waals surface area contributed by atoms with Crippen LogP contribution in [0.1, 0.15) is 68.0 Å². The van der Waals surface area contributed by atoms with Crippen molar-refractivity contribution in [1.29, 1.82) is 0 Å². The maximum Gasteiger partial charge on any atom is 0.276 e. The Morgan fingerprint density at radius 1 is 0.861 bits per heavy atom. The van der Waals surface area contributed by atoms with Gasteiger partial charge >= 0.3 is 0 Å². The molecular weight excluding hydrogens is 444 g/mol. The second-order valence-electron chi connectivity index (χ2n) is 10.0. The van der Waals surface area contributed by atoms with Gasteiger partial charge in [0.2, 0.25) is 0 Å². The molecule has 36 heavy (non-hydrogen) atoms. The van der Waals surface area contributed by atoms with E-state index in [-0.39, 0.29) is 11.9 Å². The lowest BCUT2D eigenvalue weighted by molar-refractivity contribution is -0.533. The third-order valence-corrected chi connectivity index (χ3v) is 6.83. The van der Waals surface area contributed by atoms with Crippen molar-refractivity contribution in [2.45, 2.75) is 45.7 Å². The molecule has 3 aromatic carbocycles. The molecule has 0 fully saturated rings. The van der Waals surface area contributed by atoms with Gasteiger partial charge in [-0.05, 0) is 41.2 Å². The number of hydrogen-bond acceptors (Lipinski definition) is 3. The first-order chi connectivity index (χ1) is 17.3. The standard InChI is InChI=1S/C31H32N4O/c1-20(2)24-13-9-14-25(21(3)4)29(24)35-17-16-32-30(35)23-11-8-10-22(18-23)27-19-34(5)31(33-27)26-12-6-7-15-28(26)36/h6-21,31H,1-5H3/p+1. The molecule has 0 saturated carbocycles. The van der Waals surface area contributed by atoms with Gasteiger partial charge in [-0.15, -0.1) is 0 Å². The molecule has 4 aromatic rings. The minimum atomic E-state index is -0.252. The first-order valence-corrected chi connectivity index (χ1v) is 12.5. The van der Waals surface area contributed by atoms with Gasteiger partial charge in [-0.25, -0.2) is 14.6 Å². The molecule has 1 aliphatic rings. The summed E-state index contributed by atoms with van der Waals surface area (Å²) in [6, 6.07) is 22.4. The van der Waals surface area contributed by atoms with Crippen molar-refractivity contribution in [2.24, 2.45) is 4.99 Å². The quantitative estimate of drug-likeness (QED) is 0.314. The van der Waals surface area contributed by atoms with E-state index in [1.807, 2.05) is 42.2 Å². The SMILES string of the molecule is CC(C)c1cccc(C(C)C)c1-n1ccnc1-c1cccc(C2=NC(c3ccccc3O)[N+](C)=C2)c1. The molecule has 0 amide bonds. The molecule has 1 aliphatic heterocycles. The lowest BCUT2D eigenvalue weighted by Gasteiger charge is -2.21. The van der Waals surface area contributed by atoms with Crippen molar-refractivity contribution in [3.63, 3.8) is 0 Å². The van der Waals surface area contributed by atoms with Gasteiger partial charge in [0.15, 0.2) is 6.21 Å². The molecule has 5 nitrogen and oxygen atoms in total. The summed E-state index contributed by atoms with van der Waals surface area (Å²) in [4.78, 5) is 9.74. The minimum absolute atomic E-state index is 0.252. The van der Waals surface area contributed by atoms with Gasteiger partial charge in [0.25, 0.3) is 6.17 Å². The number of hydrogen-bond donors (Lipinski definition) is 1. The predicted octanol–water partition coefficient (Wildman–Crippen LogP) is 6.71. The molecule has 0 saturated heterocycles. The fourth-order valence-electron chi connectivity index (χ4n) is 4.97. The number of aromatic hydroxyl groups is 1. The molecule has 182 valence electrons. The Morgan fingerprint density at radius 3 is 2.22 bits per heavy atom. The van der Waals surface area contributed by atoms with Crippen LogP contribution >= 0.6 is 0 Å². The highest BCUT2D eigenvalue weighted by Gasteiger charge is 2.29. The van der Waals surface area contributed by atoms with Crippen LogP contribution in [0.4, 0.5) is 0 Å². The molecule has 0 bridgehead atoms. The van der Waals surface area contributed by atoms with Crippen LogP contribution in [0, 0.1) is 0 Å². The van der Waals surface area contributed by atoms with Crippen LogP contribution in [-0.2, 0) is 0 Å². The monoisotopic (exact) mass is 477 g/mol. The maximum atomic E-state index is 10.4. The van der Waals surface area contributed by atoms with Crippen LogP contribution in [0.2, 0.25) is 0 Å². The maximum absolute atomic E-state index is 10.4. The summed E-state index contributed by atoms with van der Waals surface area (Å²) >= 11 is 0. The third kappa shape index (κ3) is 4.26. The average molecular weight is 478 g/mol. The van der Waals surface area contributed by atoms with Crippen molar-refractivity contribution < 1.29 is 9.68 Å². The van der Waals surface area contributed by atoms with Gasteiger partial charge in [-0.3, -0.25) is 4.57 Å². The van der Waals surface area contributed by atoms with E-state index in [0.29, 0.717) is 11.8 Å². The molecule has 2 heterocycles. The number of aromatic nitrogens is 2. The number of nitrogens with zero attached hydrogens (tertiary/aromatic N) is 4. The van der Waals surface area contributed by atoms with Crippen LogP contribution in [0.15, 0.2) is 84.1 Å². The second-order valence-corrected chi connectivity index (χ2v) is 10.0. The number of phenolic OH excluding ortho intramolecular Hbond substituents is 1. The number of benzene rings is 3. The van der Waals surface area contributed by atoms with Crippen LogP contribution in [0.5, 0.6) is 5.75 Å². The van der Waals surface area contributed by atoms with Crippen LogP contribution < -0.4 is 0 Å². The Hall–Kier alpha value is -3.99. The topological polar surface area (TPSA) is 53.4 Å². The smallest absolute Gasteiger partial charge is 0.276 e. The van der Waals surface area contributed by atoms with Crippen molar-refractivity contribution in [3.05, 3.63) is 101 Å². The first-order valence-electron chi connectivity index (χ1n) is 12.5. The zero-order chi connectivity index (χ0) is 25.4. The number of aliphatic imine (C=N–C) groups is 1. The summed E-state index contributed by atoms with van der Waals surface area (Å²) < 4.78 is 4.27. The molecule has 1 aromatic heterocycles. The molecule has 1 N–H and O–H groups in total. The van der Waals surface area contributed by atoms with Gasteiger partial charge in [0, 0.05) is 23.5 Å². The summed E-state index contributed by atoms with van der Waals surface area (Å²) in [5.74, 6) is 1.96. The molecule has 0 aliphatic carbocycles. The van der Waals surface area contributed by atoms with Crippen LogP contribution in [-0.4, -0.2) is 38.2 Å². The van der Waals surface area contributed by atoms with Gasteiger partial charge in [-0.2, -0.15) is 0 Å². The largest absolute Gasteiger partial charge is 0.507 e. The summed E-state index contributed by atoms with van der Waals surface area (Å²) in [5.41, 5.74) is 7.60. The van der Waals surface area contributed by atoms with Crippen molar-refractivity contribution in [2.75, 3.05) is 7.05 Å². The fourth-order valence-corrected chi connectivity index (χ4v) is 4.97. The molecule has 5 heteroatoms. The van der Waals surface area contributed by atoms with E-state index in [1.54, 1.807) is 6.07 Å². The molecule has 1 atom stereocenters. The van der Waals surface area contributed by atoms with E-state index in [9.17, 15) is 5.11 Å². The van der Waals surface area contributed by atoms with Crippen LogP contribution in [0.25, 0.3) is 17.1 Å². The van der Waals surface area contributed by atoms with E-state index in [0.717, 1.165) is 28.2 Å². The lowest BCUT2D eigenvalue weighted by atomic mass is 9.92. The highest BCUT2D eigenvalue weighted by atomic mass is 16.3. The third-order valence-electron chi connectivity index (χ3n) is 6.83. The van der Waals surface area contributed by atoms with Gasteiger partial charge < -0.3 is 5.11 Å². The molecule has 0 spiro atoms. The summed E-state index contributed by atoms with van der Waals surface area (Å²) in [7, 11) is 1.99. The van der Waals surface area contributed by atoms with Crippen molar-refractivity contribution in [1.82, 2.24) is 9.55 Å². The summed E-state index contributed by atoms with van der Waals surface area (Å²) in [6.45, 7) is 8.97. The highest BCUT2D eigenvalue weighted by Crippen LogP contribution is 2.34. The van der Waals surface area contributed by atoms with Gasteiger partial charge in [0.05, 0.1) is 11.3 Å². The second kappa shape index (κ2) is 9.57. The molecular formula is C31H33N4O+. The Labute approximate surface area is 213 Å². The molecule has 1 unspecified atom stereocenters. The normalized spacial score (nSPS) is 15.5. The van der Waals surface area contributed by atoms with E-state index < -0.39 is 0 Å². The Morgan fingerprint density at radius 2 is 1.53 bits per heavy atom. The Kier molecular flexibility index (Phi) is 6.31. The van der Waals surface area contributed by atoms with Crippen molar-refractivity contribution >= 4 is 11.9 Å². The number of rotatable bonds is 6. The lowest BCUT2D eigenvalue weighted by Crippen LogP contribution is -2.10. The Balaban J connectivity index is 1.58. The first kappa shape index (κ1) is 23.7. The van der Waals surface area contributed by atoms with Gasteiger partial charge in [-0.1, -0.05) is 76.2 Å². The number of para-hydroxylation sites is 2. The van der Waals surface area contributed by atoms with E-state index >= 15 is 0 Å². The minimum Gasteiger partial charge on any atom is -0.507 e. The van der Waals surface area contributed by atoms with E-state index in [1.165, 1.54) is 16.8 Å². The van der Waals surface area contributed by atoms with Crippen molar-refractivity contribution in [3.8, 4) is 22.8 Å². The summed E-state index contributed by atoms with van der Waals surface area (Å²) in [6.07, 6.45) is 5.73. The fraction of sp³-hybridized carbons (Fsp3) is 0.258. The summed E-state index contributed by atoms with van der Waals surface area (Å²) in [5, 5.41) is 10.4. The Bertz CT molecular complexity index is 1450. The van der Waals surface area contributed by atoms with E-state index in [4.69, 9.17) is 9.98 Å². The van der Waals surface area contributed by atoms with Crippen LogP contribution in [0.3, 0.4) is 0 Å². The number of imidazole rings is 1. The zero-order valence-electron chi connectivity index (χ0n) is 21.6. The average Bonchev–Trinajstić information content (AvgIpc) is 3.51. The molecule has 5 rings (SSSR count). The predicted molar refractivity (Wildman–Crippen MR) is 147 cm³/mol. The van der Waals surface area contributed by atoms with Gasteiger partial charge in [0.1, 0.15) is 24.3 Å². The number of phenols is 1. The highest BCUT2D eigenvalue weighted by molar-refractivity contribution is 6.37. The zero-order valence-corrected chi connectivity index (χ0v) is 21.6. The van der Waals surface area contributed by atoms with E-state index in [2.05, 4.69) is 80.9 Å².